The Labute approximate surface area is 144 Å². The zero-order chi connectivity index (χ0) is 18.0. The quantitative estimate of drug-likeness (QED) is 0.770. The van der Waals surface area contributed by atoms with Gasteiger partial charge in [0.1, 0.15) is 0 Å². The summed E-state index contributed by atoms with van der Waals surface area (Å²) in [6.07, 6.45) is 1.10. The van der Waals surface area contributed by atoms with Gasteiger partial charge in [0.05, 0.1) is 4.90 Å². The standard InChI is InChI=1S/C17H15N3O4S/c1-11-4-3-5-13(10-11)16-19-20-17(24-16)18-15(21)12-6-8-14(9-7-12)25(2,22)23/h3-10H,1-2H3,(H,18,20,21). The first-order valence-electron chi connectivity index (χ1n) is 7.35. The number of hydrogen-bond acceptors (Lipinski definition) is 6. The summed E-state index contributed by atoms with van der Waals surface area (Å²) in [6, 6.07) is 13.1. The Hall–Kier alpha value is -3.00. The second-order valence-electron chi connectivity index (χ2n) is 5.53. The number of sulfone groups is 1. The maximum atomic E-state index is 12.2. The van der Waals surface area contributed by atoms with Crippen molar-refractivity contribution in [1.29, 1.82) is 0 Å². The van der Waals surface area contributed by atoms with Crippen molar-refractivity contribution in [1.82, 2.24) is 10.2 Å². The first kappa shape index (κ1) is 16.8. The van der Waals surface area contributed by atoms with Crippen LogP contribution in [-0.4, -0.2) is 30.8 Å². The number of anilines is 1. The molecular weight excluding hydrogens is 342 g/mol. The molecule has 0 fully saturated rings. The normalized spacial score (nSPS) is 11.3. The van der Waals surface area contributed by atoms with Crippen LogP contribution in [0.15, 0.2) is 57.8 Å². The molecule has 8 heteroatoms. The van der Waals surface area contributed by atoms with Crippen molar-refractivity contribution >= 4 is 21.8 Å². The Kier molecular flexibility index (Phi) is 4.37. The third kappa shape index (κ3) is 3.92. The molecule has 0 aliphatic rings. The number of aromatic nitrogens is 2. The number of hydrogen-bond donors (Lipinski definition) is 1. The van der Waals surface area contributed by atoms with Gasteiger partial charge >= 0.3 is 6.01 Å². The smallest absolute Gasteiger partial charge is 0.322 e. The molecule has 3 rings (SSSR count). The minimum absolute atomic E-state index is 0.0336. The SMILES string of the molecule is Cc1cccc(-c2nnc(NC(=O)c3ccc(S(C)(=O)=O)cc3)o2)c1. The number of nitrogens with one attached hydrogen (secondary N) is 1. The monoisotopic (exact) mass is 357 g/mol. The van der Waals surface area contributed by atoms with Crippen molar-refractivity contribution in [2.45, 2.75) is 11.8 Å². The van der Waals surface area contributed by atoms with Crippen LogP contribution in [0, 0.1) is 6.92 Å². The van der Waals surface area contributed by atoms with E-state index >= 15 is 0 Å². The zero-order valence-electron chi connectivity index (χ0n) is 13.6. The second kappa shape index (κ2) is 6.48. The van der Waals surface area contributed by atoms with Crippen LogP contribution >= 0.6 is 0 Å². The number of amides is 1. The van der Waals surface area contributed by atoms with Crippen molar-refractivity contribution in [2.24, 2.45) is 0 Å². The molecule has 25 heavy (non-hydrogen) atoms. The maximum Gasteiger partial charge on any atom is 0.322 e. The van der Waals surface area contributed by atoms with E-state index in [2.05, 4.69) is 15.5 Å². The highest BCUT2D eigenvalue weighted by Gasteiger charge is 2.14. The molecule has 1 heterocycles. The fraction of sp³-hybridized carbons (Fsp3) is 0.118. The van der Waals surface area contributed by atoms with Crippen molar-refractivity contribution in [3.05, 3.63) is 59.7 Å². The van der Waals surface area contributed by atoms with Gasteiger partial charge in [0.25, 0.3) is 5.91 Å². The fourth-order valence-corrected chi connectivity index (χ4v) is 2.82. The average Bonchev–Trinajstić information content (AvgIpc) is 3.03. The molecule has 2 aromatic carbocycles. The number of nitrogens with zero attached hydrogens (tertiary/aromatic N) is 2. The van der Waals surface area contributed by atoms with Gasteiger partial charge in [-0.1, -0.05) is 22.8 Å². The van der Waals surface area contributed by atoms with E-state index < -0.39 is 15.7 Å². The van der Waals surface area contributed by atoms with E-state index in [-0.39, 0.29) is 16.5 Å². The molecule has 7 nitrogen and oxygen atoms in total. The van der Waals surface area contributed by atoms with Gasteiger partial charge in [-0.05, 0) is 43.3 Å². The van der Waals surface area contributed by atoms with Crippen molar-refractivity contribution in [2.75, 3.05) is 11.6 Å². The van der Waals surface area contributed by atoms with Crippen LogP contribution in [0.1, 0.15) is 15.9 Å². The van der Waals surface area contributed by atoms with Crippen molar-refractivity contribution in [3.8, 4) is 11.5 Å². The van der Waals surface area contributed by atoms with Gasteiger partial charge in [-0.15, -0.1) is 5.10 Å². The van der Waals surface area contributed by atoms with Crippen LogP contribution in [0.25, 0.3) is 11.5 Å². The van der Waals surface area contributed by atoms with Gasteiger partial charge in [-0.25, -0.2) is 8.42 Å². The van der Waals surface area contributed by atoms with Crippen molar-refractivity contribution in [3.63, 3.8) is 0 Å². The van der Waals surface area contributed by atoms with E-state index in [1.54, 1.807) is 0 Å². The summed E-state index contributed by atoms with van der Waals surface area (Å²) in [5.74, 6) is -0.175. The molecule has 0 spiro atoms. The first-order chi connectivity index (χ1) is 11.8. The fourth-order valence-electron chi connectivity index (χ4n) is 2.19. The maximum absolute atomic E-state index is 12.2. The molecule has 3 aromatic rings. The highest BCUT2D eigenvalue weighted by atomic mass is 32.2. The van der Waals surface area contributed by atoms with Gasteiger partial charge in [0.2, 0.25) is 5.89 Å². The Morgan fingerprint density at radius 3 is 2.44 bits per heavy atom. The lowest BCUT2D eigenvalue weighted by Gasteiger charge is -2.02. The minimum atomic E-state index is -3.31. The molecule has 0 bridgehead atoms. The Morgan fingerprint density at radius 1 is 1.08 bits per heavy atom. The van der Waals surface area contributed by atoms with Crippen LogP contribution in [0.3, 0.4) is 0 Å². The zero-order valence-corrected chi connectivity index (χ0v) is 14.4. The average molecular weight is 357 g/mol. The summed E-state index contributed by atoms with van der Waals surface area (Å²) in [5.41, 5.74) is 2.08. The Morgan fingerprint density at radius 2 is 1.80 bits per heavy atom. The van der Waals surface area contributed by atoms with E-state index in [0.717, 1.165) is 17.4 Å². The molecule has 1 aromatic heterocycles. The van der Waals surface area contributed by atoms with E-state index in [4.69, 9.17) is 4.42 Å². The molecule has 0 saturated heterocycles. The Balaban J connectivity index is 1.75. The summed E-state index contributed by atoms with van der Waals surface area (Å²) in [6.45, 7) is 1.95. The summed E-state index contributed by atoms with van der Waals surface area (Å²) in [7, 11) is -3.31. The summed E-state index contributed by atoms with van der Waals surface area (Å²) in [4.78, 5) is 12.3. The lowest BCUT2D eigenvalue weighted by Crippen LogP contribution is -2.12. The summed E-state index contributed by atoms with van der Waals surface area (Å²) in [5, 5.41) is 10.2. The first-order valence-corrected chi connectivity index (χ1v) is 9.24. The molecule has 0 unspecified atom stereocenters. The minimum Gasteiger partial charge on any atom is -0.403 e. The van der Waals surface area contributed by atoms with Crippen LogP contribution in [-0.2, 0) is 9.84 Å². The highest BCUT2D eigenvalue weighted by molar-refractivity contribution is 7.90. The third-order valence-corrected chi connectivity index (χ3v) is 4.58. The number of carbonyl (C=O) groups excluding carboxylic acids is 1. The van der Waals surface area contributed by atoms with E-state index in [1.807, 2.05) is 31.2 Å². The molecule has 0 saturated carbocycles. The number of rotatable bonds is 4. The van der Waals surface area contributed by atoms with E-state index in [1.165, 1.54) is 24.3 Å². The highest BCUT2D eigenvalue weighted by Crippen LogP contribution is 2.21. The van der Waals surface area contributed by atoms with Gasteiger partial charge in [0, 0.05) is 17.4 Å². The van der Waals surface area contributed by atoms with Gasteiger partial charge in [-0.2, -0.15) is 0 Å². The predicted molar refractivity (Wildman–Crippen MR) is 92.0 cm³/mol. The molecular formula is C17H15N3O4S. The lowest BCUT2D eigenvalue weighted by atomic mass is 10.1. The molecule has 0 aliphatic heterocycles. The number of benzene rings is 2. The van der Waals surface area contributed by atoms with Crippen LogP contribution in [0.5, 0.6) is 0 Å². The summed E-state index contributed by atoms with van der Waals surface area (Å²) < 4.78 is 28.3. The lowest BCUT2D eigenvalue weighted by molar-refractivity contribution is 0.102. The predicted octanol–water partition coefficient (Wildman–Crippen LogP) is 2.70. The third-order valence-electron chi connectivity index (χ3n) is 3.46. The molecule has 128 valence electrons. The molecule has 0 aliphatic carbocycles. The van der Waals surface area contributed by atoms with E-state index in [9.17, 15) is 13.2 Å². The topological polar surface area (TPSA) is 102 Å². The second-order valence-corrected chi connectivity index (χ2v) is 7.55. The van der Waals surface area contributed by atoms with Crippen molar-refractivity contribution < 1.29 is 17.6 Å². The Bertz CT molecular complexity index is 1020. The van der Waals surface area contributed by atoms with E-state index in [0.29, 0.717) is 5.89 Å². The number of carbonyl (C=O) groups is 1. The summed E-state index contributed by atoms with van der Waals surface area (Å²) >= 11 is 0. The molecule has 1 N–H and O–H groups in total. The largest absolute Gasteiger partial charge is 0.403 e. The molecule has 0 radical (unpaired) electrons. The molecule has 0 atom stereocenters. The van der Waals surface area contributed by atoms with Gasteiger partial charge in [0.15, 0.2) is 9.84 Å². The molecule has 1 amide bonds. The van der Waals surface area contributed by atoms with Gasteiger partial charge < -0.3 is 4.42 Å². The van der Waals surface area contributed by atoms with Crippen LogP contribution < -0.4 is 5.32 Å². The van der Waals surface area contributed by atoms with Crippen LogP contribution in [0.4, 0.5) is 6.01 Å². The van der Waals surface area contributed by atoms with Gasteiger partial charge in [-0.3, -0.25) is 10.1 Å². The van der Waals surface area contributed by atoms with Crippen LogP contribution in [0.2, 0.25) is 0 Å². The number of aryl methyl sites for hydroxylation is 1.